The van der Waals surface area contributed by atoms with Crippen LogP contribution in [-0.4, -0.2) is 58.0 Å². The monoisotopic (exact) mass is 318 g/mol. The third-order valence-corrected chi connectivity index (χ3v) is 5.25. The molecular weight excluding hydrogens is 292 g/mol. The van der Waals surface area contributed by atoms with Crippen LogP contribution in [0.4, 0.5) is 0 Å². The predicted molar refractivity (Wildman–Crippen MR) is 88.2 cm³/mol. The van der Waals surface area contributed by atoms with Crippen LogP contribution in [0.5, 0.6) is 0 Å². The molecule has 0 N–H and O–H groups in total. The Morgan fingerprint density at radius 2 is 1.91 bits per heavy atom. The second kappa shape index (κ2) is 6.83. The van der Waals surface area contributed by atoms with Crippen LogP contribution in [0.15, 0.2) is 17.3 Å². The van der Waals surface area contributed by atoms with E-state index in [0.29, 0.717) is 11.5 Å². The molecule has 23 heavy (non-hydrogen) atoms. The zero-order valence-corrected chi connectivity index (χ0v) is 14.1. The molecule has 1 amide bonds. The molecule has 0 bridgehead atoms. The van der Waals surface area contributed by atoms with E-state index in [9.17, 15) is 9.59 Å². The molecule has 2 fully saturated rings. The molecule has 1 aromatic rings. The SMILES string of the molecule is Cc1cncn(CC2CCN(C3CCCN(C)C3=O)CC2)c1=O. The summed E-state index contributed by atoms with van der Waals surface area (Å²) in [5, 5.41) is 0. The Morgan fingerprint density at radius 3 is 2.65 bits per heavy atom. The standard InChI is InChI=1S/C17H26N4O2/c1-13-10-18-12-21(16(13)22)11-14-5-8-20(9-6-14)15-4-3-7-19(2)17(15)23/h10,12,14-15H,3-9,11H2,1-2H3. The van der Waals surface area contributed by atoms with E-state index in [1.54, 1.807) is 24.0 Å². The molecule has 3 heterocycles. The number of aromatic nitrogens is 2. The van der Waals surface area contributed by atoms with Crippen molar-refractivity contribution >= 4 is 5.91 Å². The molecule has 6 nitrogen and oxygen atoms in total. The van der Waals surface area contributed by atoms with Gasteiger partial charge in [0.25, 0.3) is 5.56 Å². The molecule has 126 valence electrons. The minimum atomic E-state index is 0.0616. The van der Waals surface area contributed by atoms with Gasteiger partial charge in [-0.2, -0.15) is 0 Å². The zero-order chi connectivity index (χ0) is 16.4. The zero-order valence-electron chi connectivity index (χ0n) is 14.1. The number of carbonyl (C=O) groups excluding carboxylic acids is 1. The summed E-state index contributed by atoms with van der Waals surface area (Å²) >= 11 is 0. The highest BCUT2D eigenvalue weighted by Crippen LogP contribution is 2.24. The van der Waals surface area contributed by atoms with E-state index < -0.39 is 0 Å². The Balaban J connectivity index is 1.57. The molecule has 6 heteroatoms. The van der Waals surface area contributed by atoms with E-state index in [1.165, 1.54) is 0 Å². The Hall–Kier alpha value is -1.69. The summed E-state index contributed by atoms with van der Waals surface area (Å²) in [6.07, 6.45) is 7.40. The number of likely N-dealkylation sites (tertiary alicyclic amines) is 2. The van der Waals surface area contributed by atoms with Crippen LogP contribution >= 0.6 is 0 Å². The van der Waals surface area contributed by atoms with Gasteiger partial charge >= 0.3 is 0 Å². The second-order valence-corrected chi connectivity index (χ2v) is 6.93. The van der Waals surface area contributed by atoms with Crippen LogP contribution in [0.3, 0.4) is 0 Å². The summed E-state index contributed by atoms with van der Waals surface area (Å²) in [6, 6.07) is 0.0676. The van der Waals surface area contributed by atoms with E-state index >= 15 is 0 Å². The lowest BCUT2D eigenvalue weighted by Gasteiger charge is -2.40. The Labute approximate surface area is 137 Å². The first kappa shape index (κ1) is 16.2. The van der Waals surface area contributed by atoms with Crippen molar-refractivity contribution in [2.75, 3.05) is 26.7 Å². The number of likely N-dealkylation sites (N-methyl/N-ethyl adjacent to an activating group) is 1. The lowest BCUT2D eigenvalue weighted by Crippen LogP contribution is -2.53. The summed E-state index contributed by atoms with van der Waals surface area (Å²) in [6.45, 7) is 5.32. The summed E-state index contributed by atoms with van der Waals surface area (Å²) in [5.74, 6) is 0.762. The highest BCUT2D eigenvalue weighted by Gasteiger charge is 2.33. The van der Waals surface area contributed by atoms with Crippen molar-refractivity contribution in [1.29, 1.82) is 0 Å². The van der Waals surface area contributed by atoms with Crippen LogP contribution in [0, 0.1) is 12.8 Å². The van der Waals surface area contributed by atoms with Crippen molar-refractivity contribution in [3.05, 3.63) is 28.4 Å². The van der Waals surface area contributed by atoms with Gasteiger partial charge in [-0.1, -0.05) is 0 Å². The number of amides is 1. The van der Waals surface area contributed by atoms with E-state index in [0.717, 1.165) is 51.9 Å². The normalized spacial score (nSPS) is 24.2. The molecule has 1 unspecified atom stereocenters. The average molecular weight is 318 g/mol. The maximum absolute atomic E-state index is 12.3. The number of carbonyl (C=O) groups is 1. The first-order chi connectivity index (χ1) is 11.1. The van der Waals surface area contributed by atoms with Gasteiger partial charge in [0.2, 0.25) is 5.91 Å². The van der Waals surface area contributed by atoms with Gasteiger partial charge in [-0.15, -0.1) is 0 Å². The minimum Gasteiger partial charge on any atom is -0.344 e. The van der Waals surface area contributed by atoms with Gasteiger partial charge in [0, 0.05) is 31.9 Å². The van der Waals surface area contributed by atoms with E-state index in [1.807, 2.05) is 11.9 Å². The number of hydrogen-bond donors (Lipinski definition) is 0. The topological polar surface area (TPSA) is 58.4 Å². The van der Waals surface area contributed by atoms with Crippen molar-refractivity contribution in [2.45, 2.75) is 45.2 Å². The minimum absolute atomic E-state index is 0.0616. The molecule has 0 spiro atoms. The van der Waals surface area contributed by atoms with E-state index in [2.05, 4.69) is 9.88 Å². The first-order valence-electron chi connectivity index (χ1n) is 8.56. The molecule has 1 aromatic heterocycles. The van der Waals surface area contributed by atoms with Crippen molar-refractivity contribution in [2.24, 2.45) is 5.92 Å². The molecule has 3 rings (SSSR count). The summed E-state index contributed by atoms with van der Waals surface area (Å²) in [4.78, 5) is 32.7. The highest BCUT2D eigenvalue weighted by molar-refractivity contribution is 5.82. The molecule has 0 aliphatic carbocycles. The lowest BCUT2D eigenvalue weighted by atomic mass is 9.93. The van der Waals surface area contributed by atoms with Gasteiger partial charge in [-0.05, 0) is 51.6 Å². The predicted octanol–water partition coefficient (Wildman–Crippen LogP) is 0.885. The Kier molecular flexibility index (Phi) is 4.80. The number of rotatable bonds is 3. The Morgan fingerprint density at radius 1 is 1.17 bits per heavy atom. The summed E-state index contributed by atoms with van der Waals surface area (Å²) in [5.41, 5.74) is 0.757. The van der Waals surface area contributed by atoms with Crippen molar-refractivity contribution in [3.63, 3.8) is 0 Å². The van der Waals surface area contributed by atoms with Gasteiger partial charge in [0.05, 0.1) is 12.4 Å². The molecule has 2 aliphatic heterocycles. The number of nitrogens with zero attached hydrogens (tertiary/aromatic N) is 4. The molecule has 0 radical (unpaired) electrons. The number of aryl methyl sites for hydroxylation is 1. The number of hydrogen-bond acceptors (Lipinski definition) is 4. The first-order valence-corrected chi connectivity index (χ1v) is 8.56. The van der Waals surface area contributed by atoms with Crippen LogP contribution in [0.2, 0.25) is 0 Å². The van der Waals surface area contributed by atoms with E-state index in [4.69, 9.17) is 0 Å². The highest BCUT2D eigenvalue weighted by atomic mass is 16.2. The maximum atomic E-state index is 12.3. The van der Waals surface area contributed by atoms with Crippen LogP contribution in [0.25, 0.3) is 0 Å². The lowest BCUT2D eigenvalue weighted by molar-refractivity contribution is -0.139. The summed E-state index contributed by atoms with van der Waals surface area (Å²) in [7, 11) is 1.90. The molecule has 1 atom stereocenters. The van der Waals surface area contributed by atoms with Gasteiger partial charge in [0.15, 0.2) is 0 Å². The van der Waals surface area contributed by atoms with Gasteiger partial charge in [0.1, 0.15) is 0 Å². The molecule has 2 aliphatic rings. The van der Waals surface area contributed by atoms with Crippen LogP contribution < -0.4 is 5.56 Å². The second-order valence-electron chi connectivity index (χ2n) is 6.93. The number of piperidine rings is 2. The third kappa shape index (κ3) is 3.47. The quantitative estimate of drug-likeness (QED) is 0.830. The smallest absolute Gasteiger partial charge is 0.256 e. The van der Waals surface area contributed by atoms with Gasteiger partial charge < -0.3 is 4.90 Å². The fourth-order valence-electron chi connectivity index (χ4n) is 3.76. The van der Waals surface area contributed by atoms with Crippen molar-refractivity contribution < 1.29 is 4.79 Å². The molecule has 0 aromatic carbocycles. The fraction of sp³-hybridized carbons (Fsp3) is 0.706. The van der Waals surface area contributed by atoms with E-state index in [-0.39, 0.29) is 17.5 Å². The molecule has 2 saturated heterocycles. The van der Waals surface area contributed by atoms with Crippen molar-refractivity contribution in [3.8, 4) is 0 Å². The maximum Gasteiger partial charge on any atom is 0.256 e. The molecule has 0 saturated carbocycles. The van der Waals surface area contributed by atoms with Gasteiger partial charge in [-0.3, -0.25) is 19.1 Å². The van der Waals surface area contributed by atoms with Crippen LogP contribution in [0.1, 0.15) is 31.2 Å². The third-order valence-electron chi connectivity index (χ3n) is 5.25. The molecular formula is C17H26N4O2. The summed E-state index contributed by atoms with van der Waals surface area (Å²) < 4.78 is 1.73. The Bertz CT molecular complexity index is 619. The average Bonchev–Trinajstić information content (AvgIpc) is 2.55. The fourth-order valence-corrected chi connectivity index (χ4v) is 3.76. The van der Waals surface area contributed by atoms with Gasteiger partial charge in [-0.25, -0.2) is 4.98 Å². The van der Waals surface area contributed by atoms with Crippen molar-refractivity contribution in [1.82, 2.24) is 19.4 Å². The van der Waals surface area contributed by atoms with Crippen LogP contribution in [-0.2, 0) is 11.3 Å². The largest absolute Gasteiger partial charge is 0.344 e.